The summed E-state index contributed by atoms with van der Waals surface area (Å²) in [4.78, 5) is 59.3. The van der Waals surface area contributed by atoms with E-state index in [1.165, 1.54) is 0 Å². The van der Waals surface area contributed by atoms with E-state index in [9.17, 15) is 0 Å². The number of pyridine rings is 2. The van der Waals surface area contributed by atoms with Gasteiger partial charge in [-0.2, -0.15) is 0 Å². The summed E-state index contributed by atoms with van der Waals surface area (Å²) in [5, 5.41) is 6.27. The summed E-state index contributed by atoms with van der Waals surface area (Å²) in [5.74, 6) is 3.06. The molecule has 0 bridgehead atoms. The summed E-state index contributed by atoms with van der Waals surface area (Å²) in [6, 6.07) is 57.0. The quantitative estimate of drug-likeness (QED) is 0.133. The van der Waals surface area contributed by atoms with Crippen LogP contribution in [0.5, 0.6) is 0 Å². The highest BCUT2D eigenvalue weighted by Crippen LogP contribution is 2.43. The van der Waals surface area contributed by atoms with Crippen molar-refractivity contribution in [2.24, 2.45) is 0 Å². The number of rotatable bonds is 8. The van der Waals surface area contributed by atoms with E-state index in [4.69, 9.17) is 39.9 Å². The van der Waals surface area contributed by atoms with Crippen molar-refractivity contribution in [2.75, 3.05) is 0 Å². The highest BCUT2D eigenvalue weighted by atomic mass is 15.0. The molecule has 12 nitrogen and oxygen atoms in total. The van der Waals surface area contributed by atoms with Crippen molar-refractivity contribution in [2.45, 2.75) is 0 Å². The van der Waals surface area contributed by atoms with Crippen LogP contribution in [-0.2, 0) is 0 Å². The van der Waals surface area contributed by atoms with Crippen molar-refractivity contribution >= 4 is 54.4 Å². The Morgan fingerprint density at radius 2 is 0.653 bits per heavy atom. The van der Waals surface area contributed by atoms with Crippen LogP contribution in [0, 0.1) is 0 Å². The first kappa shape index (κ1) is 40.8. The molecule has 0 fully saturated rings. The second-order valence-corrected chi connectivity index (χ2v) is 17.3. The van der Waals surface area contributed by atoms with Gasteiger partial charge in [-0.15, -0.1) is 0 Å². The van der Waals surface area contributed by atoms with Crippen molar-refractivity contribution in [3.63, 3.8) is 0 Å². The number of fused-ring (bicyclic) bond motifs is 2. The minimum Gasteiger partial charge on any atom is -0.256 e. The third kappa shape index (κ3) is 7.01. The minimum absolute atomic E-state index is 0.488. The Hall–Kier alpha value is -10.2. The highest BCUT2D eigenvalue weighted by molar-refractivity contribution is 6.27. The molecule has 0 aliphatic heterocycles. The third-order valence-electron chi connectivity index (χ3n) is 13.1. The fourth-order valence-electron chi connectivity index (χ4n) is 9.73. The van der Waals surface area contributed by atoms with E-state index < -0.39 is 0 Å². The first-order valence-electron chi connectivity index (χ1n) is 23.3. The summed E-state index contributed by atoms with van der Waals surface area (Å²) in [7, 11) is 0. The average molecular weight is 923 g/mol. The molecule has 14 rings (SSSR count). The lowest BCUT2D eigenvalue weighted by Gasteiger charge is -2.17. The lowest BCUT2D eigenvalue weighted by Crippen LogP contribution is -2.02. The Bertz CT molecular complexity index is 4120. The number of hydrogen-bond acceptors (Lipinski definition) is 12. The minimum atomic E-state index is 0.488. The summed E-state index contributed by atoms with van der Waals surface area (Å²) in [6.45, 7) is 0. The van der Waals surface area contributed by atoms with E-state index in [1.54, 1.807) is 37.2 Å². The van der Waals surface area contributed by atoms with Crippen LogP contribution in [-0.4, -0.2) is 59.8 Å². The standard InChI is InChI=1S/C60H34N12/c1-3-27-61-47(15-1)37-9-5-11-39(33-37)55-67-57(71-59(69-55)45-13-7-17-49-53(45)65-31-29-63-49)43-25-21-35-20-24-42-44(26-22-36-19-23-41(43)51(35)52(36)42)58-68-56(40-12-6-10-38(34-40)48-16-2-4-28-62-48)70-60(72-58)46-14-8-18-50-54(46)66-32-30-64-50/h1-34H. The van der Waals surface area contributed by atoms with Crippen LogP contribution in [0.2, 0.25) is 0 Å². The molecule has 0 aliphatic carbocycles. The molecular weight excluding hydrogens is 889 g/mol. The maximum Gasteiger partial charge on any atom is 0.166 e. The van der Waals surface area contributed by atoms with Gasteiger partial charge in [0.2, 0.25) is 0 Å². The van der Waals surface area contributed by atoms with Crippen LogP contribution in [0.3, 0.4) is 0 Å². The first-order valence-corrected chi connectivity index (χ1v) is 23.3. The van der Waals surface area contributed by atoms with E-state index in [2.05, 4.69) is 80.6 Å². The molecule has 0 unspecified atom stereocenters. The van der Waals surface area contributed by atoms with E-state index in [1.807, 2.05) is 109 Å². The Balaban J connectivity index is 0.974. The Morgan fingerprint density at radius 1 is 0.250 bits per heavy atom. The molecule has 0 N–H and O–H groups in total. The summed E-state index contributed by atoms with van der Waals surface area (Å²) < 4.78 is 0. The first-order chi connectivity index (χ1) is 35.7. The smallest absolute Gasteiger partial charge is 0.166 e. The Morgan fingerprint density at radius 3 is 1.11 bits per heavy atom. The second kappa shape index (κ2) is 16.8. The van der Waals surface area contributed by atoms with Crippen molar-refractivity contribution in [1.29, 1.82) is 0 Å². The monoisotopic (exact) mass is 922 g/mol. The molecule has 0 radical (unpaired) electrons. The van der Waals surface area contributed by atoms with Gasteiger partial charge < -0.3 is 0 Å². The third-order valence-corrected chi connectivity index (χ3v) is 13.1. The predicted octanol–water partition coefficient (Wildman–Crippen LogP) is 13.0. The molecule has 6 aromatic heterocycles. The van der Waals surface area contributed by atoms with Gasteiger partial charge in [-0.1, -0.05) is 97.1 Å². The van der Waals surface area contributed by atoms with Gasteiger partial charge in [0.1, 0.15) is 0 Å². The zero-order valence-corrected chi connectivity index (χ0v) is 38.0. The molecule has 72 heavy (non-hydrogen) atoms. The number of nitrogens with zero attached hydrogens (tertiary/aromatic N) is 12. The molecule has 0 spiro atoms. The predicted molar refractivity (Wildman–Crippen MR) is 282 cm³/mol. The molecule has 8 aromatic carbocycles. The molecule has 0 atom stereocenters. The van der Waals surface area contributed by atoms with Crippen molar-refractivity contribution in [3.8, 4) is 90.8 Å². The van der Waals surface area contributed by atoms with Gasteiger partial charge in [0.05, 0.1) is 33.5 Å². The van der Waals surface area contributed by atoms with Gasteiger partial charge >= 0.3 is 0 Å². The second-order valence-electron chi connectivity index (χ2n) is 17.3. The molecule has 6 heterocycles. The molecule has 0 saturated carbocycles. The summed E-state index contributed by atoms with van der Waals surface area (Å²) >= 11 is 0. The van der Waals surface area contributed by atoms with Crippen LogP contribution in [0.25, 0.3) is 145 Å². The van der Waals surface area contributed by atoms with E-state index in [0.29, 0.717) is 46.0 Å². The Kier molecular flexibility index (Phi) is 9.52. The van der Waals surface area contributed by atoms with Gasteiger partial charge in [0, 0.05) is 81.7 Å². The van der Waals surface area contributed by atoms with Crippen LogP contribution < -0.4 is 0 Å². The molecule has 0 amide bonds. The van der Waals surface area contributed by atoms with Gasteiger partial charge in [-0.25, -0.2) is 29.9 Å². The lowest BCUT2D eigenvalue weighted by atomic mass is 9.89. The zero-order chi connectivity index (χ0) is 47.5. The normalized spacial score (nSPS) is 11.6. The lowest BCUT2D eigenvalue weighted by molar-refractivity contribution is 1.08. The summed E-state index contributed by atoms with van der Waals surface area (Å²) in [5.41, 5.74) is 11.4. The number of aromatic nitrogens is 12. The SMILES string of the molecule is c1ccc(-c2cccc(-c3nc(-c4ccc5ccc6c(-c7nc(-c8cccc(-c9ccccn9)c8)nc(-c8cccc9nccnc89)n7)ccc7ccc4c5c76)nc(-c4cccc5nccnc45)n3)c2)nc1. The zero-order valence-electron chi connectivity index (χ0n) is 38.0. The van der Waals surface area contributed by atoms with Gasteiger partial charge in [-0.05, 0) is 105 Å². The van der Waals surface area contributed by atoms with Crippen LogP contribution in [0.1, 0.15) is 0 Å². The van der Waals surface area contributed by atoms with Crippen molar-refractivity contribution < 1.29 is 0 Å². The number of para-hydroxylation sites is 2. The number of hydrogen-bond donors (Lipinski definition) is 0. The van der Waals surface area contributed by atoms with Crippen LogP contribution in [0.4, 0.5) is 0 Å². The maximum absolute atomic E-state index is 5.27. The maximum atomic E-state index is 5.27. The van der Waals surface area contributed by atoms with E-state index in [-0.39, 0.29) is 0 Å². The molecule has 334 valence electrons. The van der Waals surface area contributed by atoms with Crippen LogP contribution in [0.15, 0.2) is 207 Å². The molecule has 0 saturated heterocycles. The van der Waals surface area contributed by atoms with E-state index >= 15 is 0 Å². The fourth-order valence-corrected chi connectivity index (χ4v) is 9.73. The van der Waals surface area contributed by atoms with Gasteiger partial charge in [-0.3, -0.25) is 29.9 Å². The molecule has 14 aromatic rings. The average Bonchev–Trinajstić information content (AvgIpc) is 3.46. The van der Waals surface area contributed by atoms with Crippen molar-refractivity contribution in [1.82, 2.24) is 59.8 Å². The molecule has 0 aliphatic rings. The van der Waals surface area contributed by atoms with Crippen molar-refractivity contribution in [3.05, 3.63) is 207 Å². The molecule has 12 heteroatoms. The largest absolute Gasteiger partial charge is 0.256 e. The van der Waals surface area contributed by atoms with E-state index in [0.717, 1.165) is 99.2 Å². The summed E-state index contributed by atoms with van der Waals surface area (Å²) in [6.07, 6.45) is 10.4. The fraction of sp³-hybridized carbons (Fsp3) is 0. The topological polar surface area (TPSA) is 155 Å². The Labute approximate surface area is 410 Å². The highest BCUT2D eigenvalue weighted by Gasteiger charge is 2.22. The van der Waals surface area contributed by atoms with Crippen LogP contribution >= 0.6 is 0 Å². The molecular formula is C60H34N12. The number of benzene rings is 8. The van der Waals surface area contributed by atoms with Gasteiger partial charge in [0.25, 0.3) is 0 Å². The van der Waals surface area contributed by atoms with Gasteiger partial charge in [0.15, 0.2) is 34.9 Å².